The molecule has 1 aromatic rings. The summed E-state index contributed by atoms with van der Waals surface area (Å²) in [7, 11) is 5.03. The van der Waals surface area contributed by atoms with Crippen molar-refractivity contribution in [3.8, 4) is 5.75 Å². The minimum absolute atomic E-state index is 0.00853. The average Bonchev–Trinajstić information content (AvgIpc) is 2.66. The Hall–Kier alpha value is -2.05. The van der Waals surface area contributed by atoms with Gasteiger partial charge in [-0.1, -0.05) is 12.1 Å². The van der Waals surface area contributed by atoms with Crippen molar-refractivity contribution in [1.82, 2.24) is 4.90 Å². The number of allylic oxidation sites excluding steroid dienone is 1. The number of methoxy groups -OCH3 is 1. The van der Waals surface area contributed by atoms with E-state index in [4.69, 9.17) is 14.2 Å². The Balaban J connectivity index is 2.42. The summed E-state index contributed by atoms with van der Waals surface area (Å²) in [6, 6.07) is 7.81. The standard InChI is InChI=1S/C20H29NO5/c1-5-25-20-16(7-6-12-22)17(13-18(26-20)19(23)21(2)3)14-8-10-15(24-4)11-9-14/h8-11,13,16-17,20,22H,5-7,12H2,1-4H3/t16-,17+,20+/m0/s1. The van der Waals surface area contributed by atoms with Gasteiger partial charge in [0, 0.05) is 39.1 Å². The lowest BCUT2D eigenvalue weighted by molar-refractivity contribution is -0.169. The van der Waals surface area contributed by atoms with Gasteiger partial charge in [-0.25, -0.2) is 0 Å². The second-order valence-electron chi connectivity index (χ2n) is 6.50. The van der Waals surface area contributed by atoms with E-state index in [1.807, 2.05) is 37.3 Å². The van der Waals surface area contributed by atoms with Crippen LogP contribution in [0.4, 0.5) is 0 Å². The minimum atomic E-state index is -0.525. The van der Waals surface area contributed by atoms with Crippen LogP contribution < -0.4 is 4.74 Å². The molecular formula is C20H29NO5. The first kappa shape index (κ1) is 20.3. The zero-order valence-electron chi connectivity index (χ0n) is 16.0. The summed E-state index contributed by atoms with van der Waals surface area (Å²) in [5.41, 5.74) is 1.06. The fraction of sp³-hybridized carbons (Fsp3) is 0.550. The van der Waals surface area contributed by atoms with Crippen molar-refractivity contribution in [2.45, 2.75) is 32.0 Å². The Labute approximate surface area is 155 Å². The third-order valence-corrected chi connectivity index (χ3v) is 4.53. The molecule has 0 unspecified atom stereocenters. The number of aliphatic hydroxyl groups is 1. The molecule has 0 bridgehead atoms. The lowest BCUT2D eigenvalue weighted by atomic mass is 9.80. The van der Waals surface area contributed by atoms with Crippen molar-refractivity contribution in [1.29, 1.82) is 0 Å². The highest BCUT2D eigenvalue weighted by atomic mass is 16.7. The average molecular weight is 363 g/mol. The van der Waals surface area contributed by atoms with E-state index in [1.54, 1.807) is 21.2 Å². The molecule has 1 amide bonds. The number of rotatable bonds is 8. The summed E-state index contributed by atoms with van der Waals surface area (Å²) < 4.78 is 16.9. The largest absolute Gasteiger partial charge is 0.497 e. The van der Waals surface area contributed by atoms with Crippen LogP contribution in [0.2, 0.25) is 0 Å². The summed E-state index contributed by atoms with van der Waals surface area (Å²) in [5, 5.41) is 9.28. The second-order valence-corrected chi connectivity index (χ2v) is 6.50. The number of hydrogen-bond acceptors (Lipinski definition) is 5. The van der Waals surface area contributed by atoms with Gasteiger partial charge in [0.25, 0.3) is 5.91 Å². The van der Waals surface area contributed by atoms with E-state index in [-0.39, 0.29) is 24.3 Å². The van der Waals surface area contributed by atoms with Gasteiger partial charge >= 0.3 is 0 Å². The minimum Gasteiger partial charge on any atom is -0.497 e. The molecule has 0 saturated carbocycles. The maximum Gasteiger partial charge on any atom is 0.288 e. The molecule has 1 N–H and O–H groups in total. The van der Waals surface area contributed by atoms with Crippen LogP contribution in [0.1, 0.15) is 31.2 Å². The Morgan fingerprint density at radius 1 is 1.27 bits per heavy atom. The van der Waals surface area contributed by atoms with Crippen LogP contribution in [0.5, 0.6) is 5.75 Å². The smallest absolute Gasteiger partial charge is 0.288 e. The van der Waals surface area contributed by atoms with Crippen LogP contribution in [0.25, 0.3) is 0 Å². The Morgan fingerprint density at radius 3 is 2.50 bits per heavy atom. The molecule has 0 saturated heterocycles. The number of carbonyl (C=O) groups excluding carboxylic acids is 1. The zero-order valence-corrected chi connectivity index (χ0v) is 16.0. The first-order valence-electron chi connectivity index (χ1n) is 8.98. The molecule has 26 heavy (non-hydrogen) atoms. The number of likely N-dealkylation sites (N-methyl/N-ethyl adjacent to an activating group) is 1. The number of amides is 1. The summed E-state index contributed by atoms with van der Waals surface area (Å²) in [5.74, 6) is 0.858. The third-order valence-electron chi connectivity index (χ3n) is 4.53. The van der Waals surface area contributed by atoms with E-state index in [9.17, 15) is 9.90 Å². The van der Waals surface area contributed by atoms with Gasteiger partial charge in [-0.15, -0.1) is 0 Å². The topological polar surface area (TPSA) is 68.2 Å². The van der Waals surface area contributed by atoms with Crippen LogP contribution in [0.15, 0.2) is 36.1 Å². The number of hydrogen-bond donors (Lipinski definition) is 1. The highest BCUT2D eigenvalue weighted by Crippen LogP contribution is 2.40. The zero-order chi connectivity index (χ0) is 19.1. The van der Waals surface area contributed by atoms with E-state index < -0.39 is 6.29 Å². The Kier molecular flexibility index (Phi) is 7.48. The van der Waals surface area contributed by atoms with Gasteiger partial charge in [0.1, 0.15) is 5.75 Å². The van der Waals surface area contributed by atoms with Crippen molar-refractivity contribution in [2.24, 2.45) is 5.92 Å². The van der Waals surface area contributed by atoms with E-state index in [2.05, 4.69) is 0 Å². The molecule has 0 radical (unpaired) electrons. The van der Waals surface area contributed by atoms with E-state index in [1.165, 1.54) is 4.90 Å². The van der Waals surface area contributed by atoms with E-state index >= 15 is 0 Å². The normalized spacial score (nSPS) is 22.3. The molecule has 1 aliphatic heterocycles. The Morgan fingerprint density at radius 2 is 1.96 bits per heavy atom. The fourth-order valence-corrected chi connectivity index (χ4v) is 3.18. The molecule has 3 atom stereocenters. The molecule has 6 nitrogen and oxygen atoms in total. The van der Waals surface area contributed by atoms with E-state index in [0.29, 0.717) is 18.8 Å². The molecular weight excluding hydrogens is 334 g/mol. The van der Waals surface area contributed by atoms with Crippen molar-refractivity contribution >= 4 is 5.91 Å². The number of nitrogens with zero attached hydrogens (tertiary/aromatic N) is 1. The quantitative estimate of drug-likeness (QED) is 0.769. The summed E-state index contributed by atoms with van der Waals surface area (Å²) >= 11 is 0. The SMILES string of the molecule is CCO[C@@H]1OC(C(=O)N(C)C)=C[C@H](c2ccc(OC)cc2)[C@@H]1CCCO. The summed E-state index contributed by atoms with van der Waals surface area (Å²) in [6.07, 6.45) is 2.73. The maximum absolute atomic E-state index is 12.5. The van der Waals surface area contributed by atoms with Crippen LogP contribution in [-0.4, -0.2) is 56.6 Å². The van der Waals surface area contributed by atoms with Crippen molar-refractivity contribution < 1.29 is 24.1 Å². The van der Waals surface area contributed by atoms with Crippen LogP contribution in [0.3, 0.4) is 0 Å². The molecule has 1 aromatic carbocycles. The van der Waals surface area contributed by atoms with Crippen molar-refractivity contribution in [2.75, 3.05) is 34.4 Å². The van der Waals surface area contributed by atoms with Crippen LogP contribution in [-0.2, 0) is 14.3 Å². The van der Waals surface area contributed by atoms with Gasteiger partial charge < -0.3 is 24.2 Å². The van der Waals surface area contributed by atoms with Crippen molar-refractivity contribution in [3.05, 3.63) is 41.7 Å². The van der Waals surface area contributed by atoms with Crippen LogP contribution in [0, 0.1) is 5.92 Å². The molecule has 144 valence electrons. The molecule has 6 heteroatoms. The van der Waals surface area contributed by atoms with E-state index in [0.717, 1.165) is 17.7 Å². The highest BCUT2D eigenvalue weighted by molar-refractivity contribution is 5.91. The maximum atomic E-state index is 12.5. The Bertz CT molecular complexity index is 611. The monoisotopic (exact) mass is 363 g/mol. The first-order chi connectivity index (χ1) is 12.5. The van der Waals surface area contributed by atoms with Gasteiger partial charge in [0.2, 0.25) is 6.29 Å². The van der Waals surface area contributed by atoms with Crippen molar-refractivity contribution in [3.63, 3.8) is 0 Å². The molecule has 2 rings (SSSR count). The molecule has 0 aliphatic carbocycles. The van der Waals surface area contributed by atoms with Crippen LogP contribution >= 0.6 is 0 Å². The fourth-order valence-electron chi connectivity index (χ4n) is 3.18. The number of ether oxygens (including phenoxy) is 3. The molecule has 0 spiro atoms. The molecule has 1 heterocycles. The first-order valence-corrected chi connectivity index (χ1v) is 8.98. The lowest BCUT2D eigenvalue weighted by Crippen LogP contribution is -2.38. The van der Waals surface area contributed by atoms with Gasteiger partial charge in [-0.3, -0.25) is 4.79 Å². The lowest BCUT2D eigenvalue weighted by Gasteiger charge is -2.37. The van der Waals surface area contributed by atoms with Gasteiger partial charge in [0.05, 0.1) is 7.11 Å². The van der Waals surface area contributed by atoms with Gasteiger partial charge in [0.15, 0.2) is 5.76 Å². The third kappa shape index (κ3) is 4.77. The summed E-state index contributed by atoms with van der Waals surface area (Å²) in [4.78, 5) is 14.0. The number of aliphatic hydroxyl groups excluding tert-OH is 1. The number of carbonyl (C=O) groups is 1. The summed E-state index contributed by atoms with van der Waals surface area (Å²) in [6.45, 7) is 2.50. The predicted octanol–water partition coefficient (Wildman–Crippen LogP) is 2.53. The van der Waals surface area contributed by atoms with Gasteiger partial charge in [-0.05, 0) is 43.5 Å². The molecule has 1 aliphatic rings. The second kappa shape index (κ2) is 9.59. The van der Waals surface area contributed by atoms with Gasteiger partial charge in [-0.2, -0.15) is 0 Å². The predicted molar refractivity (Wildman–Crippen MR) is 98.8 cm³/mol. The molecule has 0 fully saturated rings. The molecule has 0 aromatic heterocycles. The highest BCUT2D eigenvalue weighted by Gasteiger charge is 2.38. The number of benzene rings is 1.